The lowest BCUT2D eigenvalue weighted by atomic mass is 9.88. The Labute approximate surface area is 119 Å². The number of aryl methyl sites for hydroxylation is 1. The smallest absolute Gasteiger partial charge is 0.251 e. The topological polar surface area (TPSA) is 50.4 Å². The molecule has 3 rings (SSSR count). The SMILES string of the molecule is Cc1ccc(C(=O)NC2COC3(CCNCC3)C2)cc1. The summed E-state index contributed by atoms with van der Waals surface area (Å²) in [6.45, 7) is 4.68. The van der Waals surface area contributed by atoms with Gasteiger partial charge in [0.05, 0.1) is 18.2 Å². The fraction of sp³-hybridized carbons (Fsp3) is 0.562. The van der Waals surface area contributed by atoms with Crippen molar-refractivity contribution in [3.05, 3.63) is 35.4 Å². The molecule has 108 valence electrons. The summed E-state index contributed by atoms with van der Waals surface area (Å²) in [6, 6.07) is 7.83. The van der Waals surface area contributed by atoms with E-state index in [1.54, 1.807) is 0 Å². The van der Waals surface area contributed by atoms with Crippen LogP contribution in [0.4, 0.5) is 0 Å². The Morgan fingerprint density at radius 3 is 2.70 bits per heavy atom. The molecule has 2 aliphatic rings. The first-order chi connectivity index (χ1) is 9.67. The van der Waals surface area contributed by atoms with Crippen LogP contribution in [0.5, 0.6) is 0 Å². The number of hydrogen-bond acceptors (Lipinski definition) is 3. The molecule has 2 fully saturated rings. The predicted molar refractivity (Wildman–Crippen MR) is 77.8 cm³/mol. The second-order valence-corrected chi connectivity index (χ2v) is 5.98. The van der Waals surface area contributed by atoms with Crippen molar-refractivity contribution >= 4 is 5.91 Å². The summed E-state index contributed by atoms with van der Waals surface area (Å²) >= 11 is 0. The van der Waals surface area contributed by atoms with Crippen molar-refractivity contribution in [2.24, 2.45) is 0 Å². The zero-order chi connectivity index (χ0) is 14.0. The Morgan fingerprint density at radius 1 is 1.30 bits per heavy atom. The Kier molecular flexibility index (Phi) is 3.76. The van der Waals surface area contributed by atoms with Crippen LogP contribution in [0.1, 0.15) is 35.2 Å². The average molecular weight is 274 g/mol. The van der Waals surface area contributed by atoms with Crippen LogP contribution < -0.4 is 10.6 Å². The van der Waals surface area contributed by atoms with Crippen LogP contribution in [-0.2, 0) is 4.74 Å². The number of amides is 1. The van der Waals surface area contributed by atoms with Crippen molar-refractivity contribution in [3.8, 4) is 0 Å². The monoisotopic (exact) mass is 274 g/mol. The van der Waals surface area contributed by atoms with Crippen molar-refractivity contribution in [2.75, 3.05) is 19.7 Å². The maximum absolute atomic E-state index is 12.2. The second kappa shape index (κ2) is 5.54. The summed E-state index contributed by atoms with van der Waals surface area (Å²) in [5, 5.41) is 6.46. The molecule has 2 aliphatic heterocycles. The number of nitrogens with one attached hydrogen (secondary N) is 2. The number of benzene rings is 1. The van der Waals surface area contributed by atoms with Crippen LogP contribution in [0, 0.1) is 6.92 Å². The summed E-state index contributed by atoms with van der Waals surface area (Å²) in [7, 11) is 0. The quantitative estimate of drug-likeness (QED) is 0.862. The molecule has 0 radical (unpaired) electrons. The normalized spacial score (nSPS) is 24.8. The lowest BCUT2D eigenvalue weighted by Gasteiger charge is -2.32. The molecule has 0 aliphatic carbocycles. The number of hydrogen-bond donors (Lipinski definition) is 2. The van der Waals surface area contributed by atoms with Gasteiger partial charge in [-0.25, -0.2) is 0 Å². The largest absolute Gasteiger partial charge is 0.373 e. The minimum Gasteiger partial charge on any atom is -0.373 e. The Bertz CT molecular complexity index is 478. The van der Waals surface area contributed by atoms with Gasteiger partial charge in [-0.2, -0.15) is 0 Å². The fourth-order valence-electron chi connectivity index (χ4n) is 3.14. The Hall–Kier alpha value is -1.39. The molecule has 4 nitrogen and oxygen atoms in total. The van der Waals surface area contributed by atoms with Crippen LogP contribution in [0.25, 0.3) is 0 Å². The van der Waals surface area contributed by atoms with E-state index in [0.717, 1.165) is 37.9 Å². The lowest BCUT2D eigenvalue weighted by Crippen LogP contribution is -2.43. The Morgan fingerprint density at radius 2 is 2.00 bits per heavy atom. The molecule has 1 amide bonds. The van der Waals surface area contributed by atoms with E-state index in [0.29, 0.717) is 6.61 Å². The molecule has 0 saturated carbocycles. The predicted octanol–water partition coefficient (Wildman–Crippen LogP) is 1.64. The molecule has 20 heavy (non-hydrogen) atoms. The van der Waals surface area contributed by atoms with E-state index in [1.807, 2.05) is 31.2 Å². The van der Waals surface area contributed by atoms with Gasteiger partial charge < -0.3 is 15.4 Å². The fourth-order valence-corrected chi connectivity index (χ4v) is 3.14. The first-order valence-electron chi connectivity index (χ1n) is 7.39. The van der Waals surface area contributed by atoms with Gasteiger partial charge in [-0.3, -0.25) is 4.79 Å². The zero-order valence-electron chi connectivity index (χ0n) is 11.9. The molecule has 2 saturated heterocycles. The first-order valence-corrected chi connectivity index (χ1v) is 7.39. The summed E-state index contributed by atoms with van der Waals surface area (Å²) in [4.78, 5) is 12.2. The minimum atomic E-state index is -0.00350. The molecule has 4 heteroatoms. The average Bonchev–Trinajstić information content (AvgIpc) is 2.83. The van der Waals surface area contributed by atoms with Crippen molar-refractivity contribution in [2.45, 2.75) is 37.8 Å². The zero-order valence-corrected chi connectivity index (χ0v) is 11.9. The van der Waals surface area contributed by atoms with Crippen molar-refractivity contribution in [1.29, 1.82) is 0 Å². The van der Waals surface area contributed by atoms with Gasteiger partial charge in [0.2, 0.25) is 0 Å². The number of carbonyl (C=O) groups is 1. The van der Waals surface area contributed by atoms with E-state index in [2.05, 4.69) is 10.6 Å². The van der Waals surface area contributed by atoms with E-state index >= 15 is 0 Å². The highest BCUT2D eigenvalue weighted by atomic mass is 16.5. The van der Waals surface area contributed by atoms with E-state index in [4.69, 9.17) is 4.74 Å². The van der Waals surface area contributed by atoms with Crippen LogP contribution in [-0.4, -0.2) is 37.2 Å². The lowest BCUT2D eigenvalue weighted by molar-refractivity contribution is -0.0194. The maximum atomic E-state index is 12.2. The molecular weight excluding hydrogens is 252 g/mol. The third-order valence-corrected chi connectivity index (χ3v) is 4.37. The van der Waals surface area contributed by atoms with E-state index < -0.39 is 0 Å². The van der Waals surface area contributed by atoms with Crippen LogP contribution in [0.3, 0.4) is 0 Å². The second-order valence-electron chi connectivity index (χ2n) is 5.98. The van der Waals surface area contributed by atoms with Crippen molar-refractivity contribution in [1.82, 2.24) is 10.6 Å². The van der Waals surface area contributed by atoms with Gasteiger partial charge in [-0.1, -0.05) is 17.7 Å². The third-order valence-electron chi connectivity index (χ3n) is 4.37. The molecule has 0 bridgehead atoms. The summed E-state index contributed by atoms with van der Waals surface area (Å²) in [5.41, 5.74) is 1.89. The summed E-state index contributed by atoms with van der Waals surface area (Å²) in [6.07, 6.45) is 3.03. The molecule has 1 spiro atoms. The van der Waals surface area contributed by atoms with Gasteiger partial charge >= 0.3 is 0 Å². The highest BCUT2D eigenvalue weighted by molar-refractivity contribution is 5.94. The molecule has 0 aromatic heterocycles. The van der Waals surface area contributed by atoms with Crippen LogP contribution in [0.15, 0.2) is 24.3 Å². The van der Waals surface area contributed by atoms with Crippen molar-refractivity contribution < 1.29 is 9.53 Å². The van der Waals surface area contributed by atoms with Gasteiger partial charge in [0.25, 0.3) is 5.91 Å². The van der Waals surface area contributed by atoms with Gasteiger partial charge in [0.1, 0.15) is 0 Å². The molecular formula is C16H22N2O2. The highest BCUT2D eigenvalue weighted by Gasteiger charge is 2.41. The molecule has 1 aromatic carbocycles. The van der Waals surface area contributed by atoms with Gasteiger partial charge in [0.15, 0.2) is 0 Å². The standard InChI is InChI=1S/C16H22N2O2/c1-12-2-4-13(5-3-12)15(19)18-14-10-16(20-11-14)6-8-17-9-7-16/h2-5,14,17H,6-11H2,1H3,(H,18,19). The van der Waals surface area contributed by atoms with Gasteiger partial charge in [0, 0.05) is 5.56 Å². The van der Waals surface area contributed by atoms with Crippen LogP contribution in [0.2, 0.25) is 0 Å². The number of carbonyl (C=O) groups excluding carboxylic acids is 1. The highest BCUT2D eigenvalue weighted by Crippen LogP contribution is 2.33. The molecule has 2 N–H and O–H groups in total. The summed E-state index contributed by atoms with van der Waals surface area (Å²) in [5.74, 6) is 0.00424. The maximum Gasteiger partial charge on any atom is 0.251 e. The third kappa shape index (κ3) is 2.86. The number of ether oxygens (including phenoxy) is 1. The molecule has 2 heterocycles. The molecule has 1 atom stereocenters. The first kappa shape index (κ1) is 13.6. The number of rotatable bonds is 2. The Balaban J connectivity index is 1.59. The molecule has 1 aromatic rings. The van der Waals surface area contributed by atoms with Crippen molar-refractivity contribution in [3.63, 3.8) is 0 Å². The minimum absolute atomic E-state index is 0.00350. The summed E-state index contributed by atoms with van der Waals surface area (Å²) < 4.78 is 6.00. The molecule has 1 unspecified atom stereocenters. The van der Waals surface area contributed by atoms with E-state index in [1.165, 1.54) is 5.56 Å². The van der Waals surface area contributed by atoms with Crippen LogP contribution >= 0.6 is 0 Å². The van der Waals surface area contributed by atoms with Gasteiger partial charge in [-0.05, 0) is 51.4 Å². The van der Waals surface area contributed by atoms with E-state index in [9.17, 15) is 4.79 Å². The van der Waals surface area contributed by atoms with E-state index in [-0.39, 0.29) is 17.6 Å². The van der Waals surface area contributed by atoms with Gasteiger partial charge in [-0.15, -0.1) is 0 Å². The number of piperidine rings is 1.